The van der Waals surface area contributed by atoms with Crippen LogP contribution in [0.2, 0.25) is 5.02 Å². The van der Waals surface area contributed by atoms with E-state index in [1.807, 2.05) is 0 Å². The van der Waals surface area contributed by atoms with Gasteiger partial charge in [-0.1, -0.05) is 29.8 Å². The summed E-state index contributed by atoms with van der Waals surface area (Å²) in [4.78, 5) is 0. The van der Waals surface area contributed by atoms with Gasteiger partial charge in [0.2, 0.25) is 0 Å². The van der Waals surface area contributed by atoms with Crippen LogP contribution in [0.3, 0.4) is 0 Å². The molecule has 0 fully saturated rings. The van der Waals surface area contributed by atoms with E-state index in [1.54, 1.807) is 24.3 Å². The maximum atomic E-state index is 14.2. The summed E-state index contributed by atoms with van der Waals surface area (Å²) >= 11 is 5.87. The Labute approximate surface area is 121 Å². The van der Waals surface area contributed by atoms with E-state index >= 15 is 0 Å². The Bertz CT molecular complexity index is 616. The summed E-state index contributed by atoms with van der Waals surface area (Å²) in [6.07, 6.45) is -1.17. The van der Waals surface area contributed by atoms with Gasteiger partial charge in [0.15, 0.2) is 11.6 Å². The van der Waals surface area contributed by atoms with Gasteiger partial charge in [-0.05, 0) is 18.2 Å². The molecule has 20 heavy (non-hydrogen) atoms. The molecule has 106 valence electrons. The molecule has 1 unspecified atom stereocenters. The average Bonchev–Trinajstić information content (AvgIpc) is 2.46. The third kappa shape index (κ3) is 2.71. The Kier molecular flexibility index (Phi) is 4.47. The molecule has 2 rings (SSSR count). The molecule has 0 saturated carbocycles. The Morgan fingerprint density at radius 1 is 1.05 bits per heavy atom. The van der Waals surface area contributed by atoms with Crippen molar-refractivity contribution in [3.8, 4) is 11.5 Å². The van der Waals surface area contributed by atoms with Crippen LogP contribution in [0.4, 0.5) is 4.39 Å². The molecule has 0 spiro atoms. The van der Waals surface area contributed by atoms with Crippen LogP contribution in [0, 0.1) is 5.82 Å². The molecule has 2 aromatic carbocycles. The number of halogens is 2. The summed E-state index contributed by atoms with van der Waals surface area (Å²) in [5.74, 6) is -0.124. The normalized spacial score (nSPS) is 12.1. The molecule has 2 aromatic rings. The number of aliphatic hydroxyl groups excluding tert-OH is 1. The summed E-state index contributed by atoms with van der Waals surface area (Å²) in [6, 6.07) is 9.38. The van der Waals surface area contributed by atoms with Crippen molar-refractivity contribution in [2.45, 2.75) is 6.10 Å². The van der Waals surface area contributed by atoms with Crippen molar-refractivity contribution >= 4 is 11.6 Å². The Balaban J connectivity index is 2.49. The second kappa shape index (κ2) is 6.11. The predicted octanol–water partition coefficient (Wildman–Crippen LogP) is 3.58. The fraction of sp³-hybridized carbons (Fsp3) is 0.200. The monoisotopic (exact) mass is 296 g/mol. The zero-order valence-electron chi connectivity index (χ0n) is 11.1. The first kappa shape index (κ1) is 14.6. The fourth-order valence-corrected chi connectivity index (χ4v) is 2.14. The lowest BCUT2D eigenvalue weighted by Gasteiger charge is -2.17. The van der Waals surface area contributed by atoms with E-state index in [1.165, 1.54) is 26.4 Å². The molecule has 1 N–H and O–H groups in total. The van der Waals surface area contributed by atoms with Crippen molar-refractivity contribution in [1.82, 2.24) is 0 Å². The standard InChI is InChI=1S/C15H14ClFO3/c1-19-12-5-3-4-11(14(12)17)15(18)10-7-6-9(16)8-13(10)20-2/h3-8,15,18H,1-2H3. The van der Waals surface area contributed by atoms with Gasteiger partial charge in [-0.25, -0.2) is 4.39 Å². The van der Waals surface area contributed by atoms with Gasteiger partial charge >= 0.3 is 0 Å². The van der Waals surface area contributed by atoms with E-state index in [9.17, 15) is 9.50 Å². The lowest BCUT2D eigenvalue weighted by molar-refractivity contribution is 0.208. The summed E-state index contributed by atoms with van der Waals surface area (Å²) < 4.78 is 24.2. The van der Waals surface area contributed by atoms with E-state index in [2.05, 4.69) is 0 Å². The summed E-state index contributed by atoms with van der Waals surface area (Å²) in [7, 11) is 2.83. The summed E-state index contributed by atoms with van der Waals surface area (Å²) in [6.45, 7) is 0. The highest BCUT2D eigenvalue weighted by atomic mass is 35.5. The van der Waals surface area contributed by atoms with E-state index in [-0.39, 0.29) is 11.3 Å². The minimum atomic E-state index is -1.17. The van der Waals surface area contributed by atoms with Gasteiger partial charge in [0.05, 0.1) is 14.2 Å². The number of rotatable bonds is 4. The molecule has 0 aromatic heterocycles. The largest absolute Gasteiger partial charge is 0.496 e. The SMILES string of the molecule is COc1cc(Cl)ccc1C(O)c1cccc(OC)c1F. The number of ether oxygens (including phenoxy) is 2. The quantitative estimate of drug-likeness (QED) is 0.937. The van der Waals surface area contributed by atoms with E-state index < -0.39 is 11.9 Å². The number of methoxy groups -OCH3 is 2. The predicted molar refractivity (Wildman–Crippen MR) is 75.0 cm³/mol. The van der Waals surface area contributed by atoms with Gasteiger partial charge < -0.3 is 14.6 Å². The number of aliphatic hydroxyl groups is 1. The molecule has 1 atom stereocenters. The van der Waals surface area contributed by atoms with Gasteiger partial charge in [-0.15, -0.1) is 0 Å². The van der Waals surface area contributed by atoms with Crippen LogP contribution in [0.5, 0.6) is 11.5 Å². The molecule has 0 heterocycles. The van der Waals surface area contributed by atoms with Crippen LogP contribution in [-0.4, -0.2) is 19.3 Å². The zero-order valence-corrected chi connectivity index (χ0v) is 11.8. The maximum absolute atomic E-state index is 14.2. The highest BCUT2D eigenvalue weighted by molar-refractivity contribution is 6.30. The van der Waals surface area contributed by atoms with Crippen LogP contribution < -0.4 is 9.47 Å². The van der Waals surface area contributed by atoms with Crippen molar-refractivity contribution in [3.63, 3.8) is 0 Å². The third-order valence-corrected chi connectivity index (χ3v) is 3.23. The fourth-order valence-electron chi connectivity index (χ4n) is 1.97. The maximum Gasteiger partial charge on any atom is 0.171 e. The first-order valence-electron chi connectivity index (χ1n) is 5.92. The molecule has 0 aliphatic rings. The van der Waals surface area contributed by atoms with Crippen molar-refractivity contribution in [2.24, 2.45) is 0 Å². The second-order valence-electron chi connectivity index (χ2n) is 4.15. The summed E-state index contributed by atoms with van der Waals surface area (Å²) in [5, 5.41) is 10.9. The van der Waals surface area contributed by atoms with Gasteiger partial charge in [-0.3, -0.25) is 0 Å². The molecule has 0 saturated heterocycles. The lowest BCUT2D eigenvalue weighted by Crippen LogP contribution is -2.05. The highest BCUT2D eigenvalue weighted by Crippen LogP contribution is 2.35. The zero-order chi connectivity index (χ0) is 14.7. The Morgan fingerprint density at radius 3 is 2.40 bits per heavy atom. The molecule has 0 aliphatic carbocycles. The first-order chi connectivity index (χ1) is 9.58. The lowest BCUT2D eigenvalue weighted by atomic mass is 10.00. The van der Waals surface area contributed by atoms with Gasteiger partial charge in [-0.2, -0.15) is 0 Å². The van der Waals surface area contributed by atoms with Gasteiger partial charge in [0, 0.05) is 16.1 Å². The molecular formula is C15H14ClFO3. The van der Waals surface area contributed by atoms with E-state index in [0.717, 1.165) is 0 Å². The van der Waals surface area contributed by atoms with Crippen molar-refractivity contribution in [3.05, 3.63) is 58.4 Å². The summed E-state index contributed by atoms with van der Waals surface area (Å²) in [5.41, 5.74) is 0.550. The average molecular weight is 297 g/mol. The molecule has 3 nitrogen and oxygen atoms in total. The first-order valence-corrected chi connectivity index (χ1v) is 6.30. The van der Waals surface area contributed by atoms with Crippen LogP contribution in [-0.2, 0) is 0 Å². The Hall–Kier alpha value is -1.78. The van der Waals surface area contributed by atoms with Crippen LogP contribution in [0.15, 0.2) is 36.4 Å². The van der Waals surface area contributed by atoms with E-state index in [0.29, 0.717) is 16.3 Å². The Morgan fingerprint density at radius 2 is 1.75 bits per heavy atom. The minimum Gasteiger partial charge on any atom is -0.496 e. The number of hydrogen-bond acceptors (Lipinski definition) is 3. The topological polar surface area (TPSA) is 38.7 Å². The van der Waals surface area contributed by atoms with Crippen molar-refractivity contribution in [1.29, 1.82) is 0 Å². The van der Waals surface area contributed by atoms with E-state index in [4.69, 9.17) is 21.1 Å². The highest BCUT2D eigenvalue weighted by Gasteiger charge is 2.21. The van der Waals surface area contributed by atoms with Gasteiger partial charge in [0.25, 0.3) is 0 Å². The van der Waals surface area contributed by atoms with Crippen LogP contribution >= 0.6 is 11.6 Å². The second-order valence-corrected chi connectivity index (χ2v) is 4.59. The third-order valence-electron chi connectivity index (χ3n) is 3.00. The number of benzene rings is 2. The molecule has 0 aliphatic heterocycles. The molecule has 5 heteroatoms. The molecule has 0 amide bonds. The van der Waals surface area contributed by atoms with Crippen molar-refractivity contribution < 1.29 is 19.0 Å². The molecular weight excluding hydrogens is 283 g/mol. The molecule has 0 radical (unpaired) electrons. The van der Waals surface area contributed by atoms with Crippen LogP contribution in [0.1, 0.15) is 17.2 Å². The minimum absolute atomic E-state index is 0.0782. The van der Waals surface area contributed by atoms with Crippen LogP contribution in [0.25, 0.3) is 0 Å². The number of hydrogen-bond donors (Lipinski definition) is 1. The molecule has 0 bridgehead atoms. The van der Waals surface area contributed by atoms with Gasteiger partial charge in [0.1, 0.15) is 11.9 Å². The van der Waals surface area contributed by atoms with Crippen molar-refractivity contribution in [2.75, 3.05) is 14.2 Å². The smallest absolute Gasteiger partial charge is 0.171 e.